The van der Waals surface area contributed by atoms with Crippen LogP contribution < -0.4 is 0 Å². The van der Waals surface area contributed by atoms with Crippen LogP contribution in [0.2, 0.25) is 10.0 Å². The quantitative estimate of drug-likeness (QED) is 0.777. The second-order valence-corrected chi connectivity index (χ2v) is 6.77. The highest BCUT2D eigenvalue weighted by Crippen LogP contribution is 2.34. The van der Waals surface area contributed by atoms with Crippen LogP contribution in [0, 0.1) is 0 Å². The third-order valence-corrected chi connectivity index (χ3v) is 3.63. The summed E-state index contributed by atoms with van der Waals surface area (Å²) >= 11 is 12.1. The van der Waals surface area contributed by atoms with Gasteiger partial charge in [-0.15, -0.1) is 0 Å². The van der Waals surface area contributed by atoms with E-state index in [-0.39, 0.29) is 0 Å². The van der Waals surface area contributed by atoms with E-state index in [0.29, 0.717) is 21.9 Å². The molecule has 1 rings (SSSR count). The molecule has 116 valence electrons. The van der Waals surface area contributed by atoms with Gasteiger partial charge in [-0.05, 0) is 45.9 Å². The van der Waals surface area contributed by atoms with Crippen LogP contribution in [0.15, 0.2) is 18.2 Å². The fourth-order valence-corrected chi connectivity index (χ4v) is 2.21. The van der Waals surface area contributed by atoms with Crippen LogP contribution in [-0.2, 0) is 15.1 Å². The van der Waals surface area contributed by atoms with Crippen LogP contribution in [0.5, 0.6) is 0 Å². The Morgan fingerprint density at radius 3 is 2.29 bits per heavy atom. The molecule has 1 aromatic rings. The Kier molecular flexibility index (Phi) is 5.29. The summed E-state index contributed by atoms with van der Waals surface area (Å²) in [6.07, 6.45) is 0.0298. The minimum Gasteiger partial charge on any atom is -0.444 e. The second-order valence-electron chi connectivity index (χ2n) is 5.93. The fraction of sp³-hybridized carbons (Fsp3) is 0.467. The number of amides is 1. The van der Waals surface area contributed by atoms with Gasteiger partial charge in [0.25, 0.3) is 0 Å². The number of nitrogens with zero attached hydrogens (tertiary/aromatic N) is 1. The Morgan fingerprint density at radius 1 is 1.24 bits per heavy atom. The summed E-state index contributed by atoms with van der Waals surface area (Å²) in [7, 11) is 1.49. The van der Waals surface area contributed by atoms with E-state index in [4.69, 9.17) is 27.9 Å². The molecular formula is C15H19Cl2NO3. The van der Waals surface area contributed by atoms with Gasteiger partial charge < -0.3 is 9.53 Å². The van der Waals surface area contributed by atoms with Crippen LogP contribution >= 0.6 is 23.2 Å². The van der Waals surface area contributed by atoms with Gasteiger partial charge in [0, 0.05) is 22.7 Å². The van der Waals surface area contributed by atoms with E-state index in [1.165, 1.54) is 11.9 Å². The molecule has 4 nitrogen and oxygen atoms in total. The van der Waals surface area contributed by atoms with Gasteiger partial charge in [-0.2, -0.15) is 0 Å². The molecule has 0 saturated carbocycles. The summed E-state index contributed by atoms with van der Waals surface area (Å²) < 4.78 is 5.29. The zero-order valence-electron chi connectivity index (χ0n) is 12.7. The summed E-state index contributed by atoms with van der Waals surface area (Å²) in [4.78, 5) is 25.1. The molecule has 1 aromatic carbocycles. The lowest BCUT2D eigenvalue weighted by Crippen LogP contribution is -2.48. The average molecular weight is 332 g/mol. The highest BCUT2D eigenvalue weighted by Gasteiger charge is 2.38. The number of halogens is 2. The van der Waals surface area contributed by atoms with Crippen LogP contribution in [0.4, 0.5) is 4.79 Å². The van der Waals surface area contributed by atoms with E-state index < -0.39 is 17.2 Å². The minimum absolute atomic E-state index is 0.351. The molecule has 0 spiro atoms. The van der Waals surface area contributed by atoms with Gasteiger partial charge in [0.1, 0.15) is 17.4 Å². The molecule has 0 aliphatic heterocycles. The Morgan fingerprint density at radius 2 is 1.81 bits per heavy atom. The van der Waals surface area contributed by atoms with Crippen molar-refractivity contribution in [3.63, 3.8) is 0 Å². The maximum Gasteiger partial charge on any atom is 0.411 e. The Bertz CT molecular complexity index is 554. The first-order chi connectivity index (χ1) is 9.51. The van der Waals surface area contributed by atoms with Crippen LogP contribution in [-0.4, -0.2) is 29.9 Å². The molecular weight excluding hydrogens is 313 g/mol. The van der Waals surface area contributed by atoms with Gasteiger partial charge in [-0.3, -0.25) is 4.90 Å². The SMILES string of the molecule is CN(C(=O)OC(C)(C)C)C(C)(C=O)c1cc(Cl)ccc1Cl. The van der Waals surface area contributed by atoms with Crippen molar-refractivity contribution in [2.24, 2.45) is 0 Å². The van der Waals surface area contributed by atoms with Crippen LogP contribution in [0.1, 0.15) is 33.3 Å². The first-order valence-electron chi connectivity index (χ1n) is 6.40. The normalized spacial score (nSPS) is 14.2. The van der Waals surface area contributed by atoms with Gasteiger partial charge in [0.05, 0.1) is 0 Å². The lowest BCUT2D eigenvalue weighted by molar-refractivity contribution is -0.117. The number of rotatable bonds is 3. The van der Waals surface area contributed by atoms with Gasteiger partial charge in [-0.25, -0.2) is 4.79 Å². The molecule has 1 atom stereocenters. The zero-order valence-corrected chi connectivity index (χ0v) is 14.2. The lowest BCUT2D eigenvalue weighted by Gasteiger charge is -2.36. The minimum atomic E-state index is -1.27. The molecule has 0 fully saturated rings. The monoisotopic (exact) mass is 331 g/mol. The van der Waals surface area contributed by atoms with Gasteiger partial charge in [0.15, 0.2) is 0 Å². The van der Waals surface area contributed by atoms with Crippen molar-refractivity contribution in [3.05, 3.63) is 33.8 Å². The van der Waals surface area contributed by atoms with Crippen molar-refractivity contribution in [1.82, 2.24) is 4.90 Å². The van der Waals surface area contributed by atoms with Crippen molar-refractivity contribution in [3.8, 4) is 0 Å². The second kappa shape index (κ2) is 6.24. The molecule has 0 radical (unpaired) electrons. The third-order valence-electron chi connectivity index (χ3n) is 3.07. The molecule has 1 unspecified atom stereocenters. The molecule has 0 heterocycles. The number of carbonyl (C=O) groups is 2. The number of carbonyl (C=O) groups excluding carboxylic acids is 2. The molecule has 0 aromatic heterocycles. The Labute approximate surface area is 135 Å². The first-order valence-corrected chi connectivity index (χ1v) is 7.15. The molecule has 21 heavy (non-hydrogen) atoms. The van der Waals surface area contributed by atoms with Gasteiger partial charge in [-0.1, -0.05) is 23.2 Å². The van der Waals surface area contributed by atoms with E-state index in [1.807, 2.05) is 0 Å². The standard InChI is InChI=1S/C15H19Cl2NO3/c1-14(2,3)21-13(20)18(5)15(4,9-19)11-8-10(16)6-7-12(11)17/h6-9H,1-5H3. The maximum atomic E-state index is 12.2. The van der Waals surface area contributed by atoms with Crippen molar-refractivity contribution in [2.45, 2.75) is 38.8 Å². The van der Waals surface area contributed by atoms with Gasteiger partial charge in [0.2, 0.25) is 0 Å². The van der Waals surface area contributed by atoms with E-state index in [2.05, 4.69) is 0 Å². The number of benzene rings is 1. The van der Waals surface area contributed by atoms with E-state index in [0.717, 1.165) is 0 Å². The average Bonchev–Trinajstić information content (AvgIpc) is 2.37. The van der Waals surface area contributed by atoms with Crippen molar-refractivity contribution < 1.29 is 14.3 Å². The van der Waals surface area contributed by atoms with Crippen molar-refractivity contribution in [2.75, 3.05) is 7.05 Å². The summed E-state index contributed by atoms with van der Waals surface area (Å²) in [5.74, 6) is 0. The molecule has 0 N–H and O–H groups in total. The third kappa shape index (κ3) is 4.11. The molecule has 0 aliphatic carbocycles. The number of likely N-dealkylation sites (N-methyl/N-ethyl adjacent to an activating group) is 1. The predicted molar refractivity (Wildman–Crippen MR) is 83.9 cm³/mol. The summed E-state index contributed by atoms with van der Waals surface area (Å²) in [6, 6.07) is 4.77. The highest BCUT2D eigenvalue weighted by molar-refractivity contribution is 6.33. The number of ether oxygens (including phenoxy) is 1. The van der Waals surface area contributed by atoms with Crippen LogP contribution in [0.3, 0.4) is 0 Å². The summed E-state index contributed by atoms with van der Waals surface area (Å²) in [5, 5.41) is 0.782. The molecule has 1 amide bonds. The summed E-state index contributed by atoms with van der Waals surface area (Å²) in [5.41, 5.74) is -1.49. The molecule has 0 bridgehead atoms. The fourth-order valence-electron chi connectivity index (χ4n) is 1.73. The Balaban J connectivity index is 3.23. The maximum absolute atomic E-state index is 12.2. The Hall–Kier alpha value is -1.26. The largest absolute Gasteiger partial charge is 0.444 e. The van der Waals surface area contributed by atoms with Crippen molar-refractivity contribution >= 4 is 35.6 Å². The predicted octanol–water partition coefficient (Wildman–Crippen LogP) is 4.27. The first kappa shape index (κ1) is 17.8. The molecule has 0 saturated heterocycles. The zero-order chi connectivity index (χ0) is 16.4. The van der Waals surface area contributed by atoms with Crippen molar-refractivity contribution in [1.29, 1.82) is 0 Å². The number of hydrogen-bond donors (Lipinski definition) is 0. The molecule has 0 aliphatic rings. The molecule has 6 heteroatoms. The number of hydrogen-bond acceptors (Lipinski definition) is 3. The topological polar surface area (TPSA) is 46.6 Å². The number of aldehydes is 1. The smallest absolute Gasteiger partial charge is 0.411 e. The van der Waals surface area contributed by atoms with Crippen LogP contribution in [0.25, 0.3) is 0 Å². The lowest BCUT2D eigenvalue weighted by atomic mass is 9.92. The van der Waals surface area contributed by atoms with Gasteiger partial charge >= 0.3 is 6.09 Å². The highest BCUT2D eigenvalue weighted by atomic mass is 35.5. The van der Waals surface area contributed by atoms with E-state index >= 15 is 0 Å². The summed E-state index contributed by atoms with van der Waals surface area (Å²) in [6.45, 7) is 6.84. The van der Waals surface area contributed by atoms with E-state index in [9.17, 15) is 9.59 Å². The van der Waals surface area contributed by atoms with E-state index in [1.54, 1.807) is 45.9 Å².